The van der Waals surface area contributed by atoms with Crippen molar-refractivity contribution in [1.29, 1.82) is 0 Å². The first kappa shape index (κ1) is 98.7. The zero-order valence-electron chi connectivity index (χ0n) is 61.1. The van der Waals surface area contributed by atoms with Crippen molar-refractivity contribution in [2.45, 2.75) is 328 Å². The molecule has 4 aliphatic carbocycles. The van der Waals surface area contributed by atoms with E-state index in [0.29, 0.717) is 66.5 Å². The minimum Gasteiger partial charge on any atom is -0.378 e. The van der Waals surface area contributed by atoms with Gasteiger partial charge in [0.1, 0.15) is 78.5 Å². The zero-order chi connectivity index (χ0) is 73.1. The van der Waals surface area contributed by atoms with Crippen LogP contribution < -0.4 is 0 Å². The number of alkyl halides is 3. The predicted molar refractivity (Wildman–Crippen MR) is 380 cm³/mol. The minimum atomic E-state index is -4.12. The normalized spacial score (nSPS) is 14.9. The number of halogens is 3. The van der Waals surface area contributed by atoms with Gasteiger partial charge in [0.05, 0.1) is 18.3 Å². The van der Waals surface area contributed by atoms with Gasteiger partial charge in [-0.15, -0.1) is 11.3 Å². The summed E-state index contributed by atoms with van der Waals surface area (Å²) in [6, 6.07) is 0. The van der Waals surface area contributed by atoms with Crippen LogP contribution in [0.1, 0.15) is 313 Å². The van der Waals surface area contributed by atoms with E-state index in [0.717, 1.165) is 137 Å². The quantitative estimate of drug-likeness (QED) is 0.0609. The molecule has 0 amide bonds. The van der Waals surface area contributed by atoms with Crippen LogP contribution in [0.2, 0.25) is 0 Å². The lowest BCUT2D eigenvalue weighted by atomic mass is 9.82. The molecule has 6 rings (SSSR count). The van der Waals surface area contributed by atoms with Gasteiger partial charge in [-0.25, -0.2) is 13.4 Å². The Morgan fingerprint density at radius 1 is 0.500 bits per heavy atom. The van der Waals surface area contributed by atoms with Gasteiger partial charge in [-0.3, -0.25) is 4.79 Å². The highest BCUT2D eigenvalue weighted by molar-refractivity contribution is 7.98. The van der Waals surface area contributed by atoms with Gasteiger partial charge in [0, 0.05) is 94.6 Å². The smallest absolute Gasteiger partial charge is 0.378 e. The second-order valence-corrected chi connectivity index (χ2v) is 30.1. The highest BCUT2D eigenvalue weighted by Gasteiger charge is 2.26. The van der Waals surface area contributed by atoms with E-state index in [1.54, 1.807) is 85.4 Å². The number of hydrogen-bond acceptors (Lipinski definition) is 17. The maximum Gasteiger partial charge on any atom is 0.389 e. The lowest BCUT2D eigenvalue weighted by molar-refractivity contribution is -0.137. The van der Waals surface area contributed by atoms with Gasteiger partial charge in [-0.05, 0) is 196 Å². The summed E-state index contributed by atoms with van der Waals surface area (Å²) in [7, 11) is -2.87. The van der Waals surface area contributed by atoms with Crippen LogP contribution in [0.3, 0.4) is 0 Å². The molecule has 2 heterocycles. The molecule has 1 aromatic rings. The molecule has 15 nitrogen and oxygen atoms in total. The number of hydrogen-bond donors (Lipinski definition) is 0. The summed E-state index contributed by atoms with van der Waals surface area (Å²) in [6.07, 6.45) is 30.5. The second kappa shape index (κ2) is 63.8. The first-order valence-corrected chi connectivity index (χ1v) is 38.8. The summed E-state index contributed by atoms with van der Waals surface area (Å²) in [5.74, 6) is 7.19. The fraction of sp³-hybridized carbons (Fsp3) is 0.808. The Hall–Kier alpha value is -3.95. The lowest BCUT2D eigenvalue weighted by Crippen LogP contribution is -2.13. The van der Waals surface area contributed by atoms with Crippen molar-refractivity contribution >= 4 is 96.6 Å². The fourth-order valence-corrected chi connectivity index (χ4v) is 10.3. The van der Waals surface area contributed by atoms with Gasteiger partial charge in [-0.2, -0.15) is 24.9 Å². The average molecular weight is 1400 g/mol. The topological polar surface area (TPSA) is 244 Å². The van der Waals surface area contributed by atoms with Crippen LogP contribution in [0.5, 0.6) is 0 Å². The number of aryl methyl sites for hydroxylation is 1. The Morgan fingerprint density at radius 3 is 1.19 bits per heavy atom. The van der Waals surface area contributed by atoms with E-state index < -0.39 is 22.4 Å². The van der Waals surface area contributed by atoms with Gasteiger partial charge in [0.25, 0.3) is 0 Å². The maximum atomic E-state index is 11.4. The van der Waals surface area contributed by atoms with E-state index in [4.69, 9.17) is 4.74 Å². The molecule has 0 N–H and O–H groups in total. The van der Waals surface area contributed by atoms with Gasteiger partial charge in [0.2, 0.25) is 0 Å². The largest absolute Gasteiger partial charge is 0.389 e. The third-order valence-electron chi connectivity index (χ3n) is 14.4. The summed E-state index contributed by atoms with van der Waals surface area (Å²) < 4.78 is 60.5. The third-order valence-corrected chi connectivity index (χ3v) is 17.1. The number of thiazole rings is 1. The molecule has 0 radical (unpaired) electrons. The summed E-state index contributed by atoms with van der Waals surface area (Å²) in [5.41, 5.74) is 1.00. The number of carbonyl (C=O) groups excluding carboxylic acids is 11. The van der Waals surface area contributed by atoms with Crippen LogP contribution in [0.4, 0.5) is 13.2 Å². The Balaban J connectivity index is -0.000000310. The van der Waals surface area contributed by atoms with E-state index in [1.165, 1.54) is 104 Å². The van der Waals surface area contributed by atoms with Crippen molar-refractivity contribution in [2.75, 3.05) is 30.6 Å². The van der Waals surface area contributed by atoms with Crippen molar-refractivity contribution in [3.05, 3.63) is 16.1 Å². The number of ketones is 11. The van der Waals surface area contributed by atoms with Crippen molar-refractivity contribution < 1.29 is 79.1 Å². The lowest BCUT2D eigenvalue weighted by Gasteiger charge is -2.24. The first-order chi connectivity index (χ1) is 43.8. The van der Waals surface area contributed by atoms with Crippen molar-refractivity contribution in [2.24, 2.45) is 23.7 Å². The van der Waals surface area contributed by atoms with Crippen molar-refractivity contribution in [3.8, 4) is 0 Å². The van der Waals surface area contributed by atoms with Crippen LogP contribution in [-0.2, 0) is 73.7 Å². The van der Waals surface area contributed by atoms with Crippen LogP contribution in [-0.4, -0.2) is 120 Å². The fourth-order valence-electron chi connectivity index (χ4n) is 8.33. The molecule has 0 bridgehead atoms. The Morgan fingerprint density at radius 2 is 0.904 bits per heavy atom. The monoisotopic (exact) mass is 1400 g/mol. The van der Waals surface area contributed by atoms with E-state index in [-0.39, 0.29) is 47.5 Å². The molecule has 1 atom stereocenters. The SMILES string of the molecule is CC(=O)CC1CC1.CC(=O)CC1CCC1.CC(=O)CCC1CC1.CC(=O)CCC1CCC1.CC(=O)CCC1CCCO1.CC(=O)CCCC(F)(F)F.CC(=O)CCCS(C)(=O)=O.CC(=O)Cc1nc(C)cs1.CCCC(C)=O.CCCCCC(C)=O.CSCCCC(C)=O. The molecule has 548 valence electrons. The first-order valence-electron chi connectivity index (χ1n) is 34.5. The molecule has 1 saturated heterocycles. The Bertz CT molecular complexity index is 2310. The van der Waals surface area contributed by atoms with Crippen molar-refractivity contribution in [1.82, 2.24) is 4.98 Å². The molecule has 0 aromatic carbocycles. The Labute approximate surface area is 575 Å². The molecule has 4 saturated carbocycles. The van der Waals surface area contributed by atoms with Gasteiger partial charge in [0.15, 0.2) is 0 Å². The standard InChI is InChI=1S/C8H14O2.C8H14O.C7H9NOS.2C7H12O.C7H14O.C6H9F3O.C6H12O3S.C6H12OS.C6H10O.C5H10O/c1-7(9)4-5-8-3-2-6-10-8;1-7(9)5-6-8-3-2-4-8;1-5-4-10-7(8-5)3-6(2)9;1-6(8)2-3-7-4-5-7;1-6(8)5-7-3-2-4-7;1-3-4-5-6-7(2)8;1-5(10)3-2-4-6(7,8)9;1-6(7)4-3-5-10(2,8)9;1-6(7)4-3-5-8-2;1-5(7)4-6-2-3-6;1-3-4-5(2)6/h8H,2-6H2,1H3;8H,2-6H2,1H3;4H,3H2,1-2H3;2*7H,2-5H2,1H3;3-6H2,1-2H3;2-4H2,1H3;3-5H2,1-2H3;3-5H2,1-2H3;6H,2-4H2,1H3;3-4H2,1-2H3. The highest BCUT2D eigenvalue weighted by atomic mass is 32.2. The minimum absolute atomic E-state index is 0.0273. The summed E-state index contributed by atoms with van der Waals surface area (Å²) in [4.78, 5) is 118. The number of rotatable bonds is 32. The molecule has 1 aromatic heterocycles. The predicted octanol–water partition coefficient (Wildman–Crippen LogP) is 18.1. The average Bonchev–Trinajstić information content (AvgIpc) is 4.02. The van der Waals surface area contributed by atoms with E-state index >= 15 is 0 Å². The van der Waals surface area contributed by atoms with Gasteiger partial charge >= 0.3 is 6.18 Å². The van der Waals surface area contributed by atoms with E-state index in [1.807, 2.05) is 19.2 Å². The van der Waals surface area contributed by atoms with Crippen LogP contribution in [0.25, 0.3) is 0 Å². The number of thioether (sulfide) groups is 1. The number of Topliss-reactive ketones (excluding diaryl/α,β-unsaturated/α-hetero) is 11. The number of aromatic nitrogens is 1. The summed E-state index contributed by atoms with van der Waals surface area (Å²) in [6.45, 7) is 24.5. The number of nitrogens with zero attached hydrogens (tertiary/aromatic N) is 1. The number of sulfone groups is 1. The molecule has 1 unspecified atom stereocenters. The molecular weight excluding hydrogens is 1270 g/mol. The van der Waals surface area contributed by atoms with Crippen LogP contribution in [0.15, 0.2) is 5.38 Å². The zero-order valence-corrected chi connectivity index (χ0v) is 63.6. The molecule has 0 spiro atoms. The maximum absolute atomic E-state index is 11.4. The third kappa shape index (κ3) is 94.4. The number of unbranched alkanes of at least 4 members (excludes halogenated alkanes) is 2. The van der Waals surface area contributed by atoms with Crippen LogP contribution >= 0.6 is 23.1 Å². The highest BCUT2D eigenvalue weighted by Crippen LogP contribution is 2.34. The summed E-state index contributed by atoms with van der Waals surface area (Å²) >= 11 is 3.34. The van der Waals surface area contributed by atoms with Crippen molar-refractivity contribution in [3.63, 3.8) is 0 Å². The molecule has 1 aliphatic heterocycles. The Kier molecular flexibility index (Phi) is 67.0. The van der Waals surface area contributed by atoms with Gasteiger partial charge < -0.3 is 52.7 Å². The summed E-state index contributed by atoms with van der Waals surface area (Å²) in [5, 5.41) is 2.88. The molecule has 94 heavy (non-hydrogen) atoms. The second-order valence-electron chi connectivity index (χ2n) is 25.9. The van der Waals surface area contributed by atoms with Gasteiger partial charge in [-0.1, -0.05) is 78.1 Å². The number of ether oxygens (including phenoxy) is 1. The number of carbonyl (C=O) groups is 11. The molecule has 5 fully saturated rings. The van der Waals surface area contributed by atoms with E-state index in [2.05, 4.69) is 18.2 Å². The molecule has 5 aliphatic rings. The van der Waals surface area contributed by atoms with Crippen LogP contribution in [0, 0.1) is 30.6 Å². The molecule has 21 heteroatoms. The molecular formula is C73H128F3NO14S3. The van der Waals surface area contributed by atoms with E-state index in [9.17, 15) is 74.3 Å².